The number of rotatable bonds is 6. The minimum absolute atomic E-state index is 0.127. The van der Waals surface area contributed by atoms with Gasteiger partial charge in [-0.2, -0.15) is 0 Å². The highest BCUT2D eigenvalue weighted by Gasteiger charge is 2.18. The first kappa shape index (κ1) is 27.4. The number of amides is 3. The first-order valence-corrected chi connectivity index (χ1v) is 13.7. The Morgan fingerprint density at radius 1 is 0.878 bits per heavy atom. The van der Waals surface area contributed by atoms with Crippen LogP contribution in [0, 0.1) is 11.8 Å². The van der Waals surface area contributed by atoms with E-state index in [9.17, 15) is 9.59 Å². The summed E-state index contributed by atoms with van der Waals surface area (Å²) in [4.78, 5) is 36.6. The molecule has 4 aromatic rings. The summed E-state index contributed by atoms with van der Waals surface area (Å²) in [5, 5.41) is 5.82. The van der Waals surface area contributed by atoms with Crippen molar-refractivity contribution in [2.24, 2.45) is 0 Å². The Hall–Kier alpha value is -5.16. The smallest absolute Gasteiger partial charge is 0.319 e. The Morgan fingerprint density at radius 2 is 1.66 bits per heavy atom. The molecule has 8 heteroatoms. The zero-order valence-corrected chi connectivity index (χ0v) is 23.0. The van der Waals surface area contributed by atoms with Crippen LogP contribution in [-0.4, -0.2) is 59.5 Å². The Bertz CT molecular complexity index is 1540. The molecule has 3 amide bonds. The third-order valence-corrected chi connectivity index (χ3v) is 6.99. The van der Waals surface area contributed by atoms with E-state index in [2.05, 4.69) is 49.5 Å². The van der Waals surface area contributed by atoms with E-state index in [0.717, 1.165) is 59.7 Å². The van der Waals surface area contributed by atoms with Crippen molar-refractivity contribution in [1.29, 1.82) is 0 Å². The topological polar surface area (TPSA) is 90.5 Å². The number of hydrogen-bond acceptors (Lipinski definition) is 5. The molecule has 0 spiro atoms. The van der Waals surface area contributed by atoms with Crippen molar-refractivity contribution in [3.8, 4) is 23.0 Å². The van der Waals surface area contributed by atoms with Crippen LogP contribution in [0.15, 0.2) is 91.5 Å². The summed E-state index contributed by atoms with van der Waals surface area (Å²) in [5.41, 5.74) is 6.50. The van der Waals surface area contributed by atoms with Crippen LogP contribution in [-0.2, 0) is 11.2 Å². The number of anilines is 2. The van der Waals surface area contributed by atoms with Crippen molar-refractivity contribution >= 4 is 23.3 Å². The second kappa shape index (κ2) is 13.3. The first-order chi connectivity index (χ1) is 20.0. The summed E-state index contributed by atoms with van der Waals surface area (Å²) >= 11 is 0. The number of nitrogens with zero attached hydrogens (tertiary/aromatic N) is 4. The molecule has 1 saturated heterocycles. The Kier molecular flexibility index (Phi) is 8.87. The summed E-state index contributed by atoms with van der Waals surface area (Å²) in [6.45, 7) is 5.23. The lowest BCUT2D eigenvalue weighted by molar-refractivity contribution is -0.129. The van der Waals surface area contributed by atoms with Crippen LogP contribution < -0.4 is 15.5 Å². The number of nitrogens with one attached hydrogen (secondary N) is 2. The third kappa shape index (κ3) is 7.49. The molecule has 5 rings (SSSR count). The molecule has 8 nitrogen and oxygen atoms in total. The summed E-state index contributed by atoms with van der Waals surface area (Å²) in [7, 11) is 0. The summed E-state index contributed by atoms with van der Waals surface area (Å²) < 4.78 is 0. The number of pyridine rings is 2. The number of piperazine rings is 1. The molecule has 2 aromatic carbocycles. The standard InChI is InChI=1S/C33H32N6O2/c1-25(40)38-19-21-39(22-20-38)31-9-5-26(6-10-31)4-7-29-23-30(8-11-32(29)28-13-16-34-17-14-28)37-33(41)36-18-12-27-3-2-15-35-24-27/h2-3,5-6,8-11,13-17,23-24H,12,18-22H2,1H3,(H2,36,37,41). The fraction of sp³-hybridized carbons (Fsp3) is 0.212. The molecule has 0 radical (unpaired) electrons. The van der Waals surface area contributed by atoms with Crippen molar-refractivity contribution in [3.63, 3.8) is 0 Å². The molecule has 0 saturated carbocycles. The molecule has 0 unspecified atom stereocenters. The Balaban J connectivity index is 1.28. The highest BCUT2D eigenvalue weighted by atomic mass is 16.2. The maximum Gasteiger partial charge on any atom is 0.319 e. The van der Waals surface area contributed by atoms with Gasteiger partial charge in [-0.3, -0.25) is 14.8 Å². The van der Waals surface area contributed by atoms with Gasteiger partial charge in [0.1, 0.15) is 0 Å². The lowest BCUT2D eigenvalue weighted by Crippen LogP contribution is -2.48. The molecule has 0 bridgehead atoms. The first-order valence-electron chi connectivity index (χ1n) is 13.7. The summed E-state index contributed by atoms with van der Waals surface area (Å²) in [6, 6.07) is 21.4. The second-order valence-corrected chi connectivity index (χ2v) is 9.78. The normalized spacial score (nSPS) is 12.7. The SMILES string of the molecule is CC(=O)N1CCN(c2ccc(C#Cc3cc(NC(=O)NCCc4cccnc4)ccc3-c3ccncc3)cc2)CC1. The van der Waals surface area contributed by atoms with Gasteiger partial charge in [0.2, 0.25) is 5.91 Å². The van der Waals surface area contributed by atoms with Crippen LogP contribution in [0.1, 0.15) is 23.6 Å². The van der Waals surface area contributed by atoms with Crippen LogP contribution >= 0.6 is 0 Å². The molecular weight excluding hydrogens is 512 g/mol. The van der Waals surface area contributed by atoms with Gasteiger partial charge in [0.15, 0.2) is 0 Å². The van der Waals surface area contributed by atoms with Crippen LogP contribution in [0.4, 0.5) is 16.2 Å². The molecule has 1 aliphatic rings. The van der Waals surface area contributed by atoms with Gasteiger partial charge in [-0.15, -0.1) is 0 Å². The van der Waals surface area contributed by atoms with E-state index < -0.39 is 0 Å². The van der Waals surface area contributed by atoms with E-state index in [-0.39, 0.29) is 11.9 Å². The van der Waals surface area contributed by atoms with E-state index in [0.29, 0.717) is 18.7 Å². The number of aromatic nitrogens is 2. The molecule has 1 fully saturated rings. The van der Waals surface area contributed by atoms with Crippen molar-refractivity contribution < 1.29 is 9.59 Å². The van der Waals surface area contributed by atoms with Crippen LogP contribution in [0.3, 0.4) is 0 Å². The summed E-state index contributed by atoms with van der Waals surface area (Å²) in [6.07, 6.45) is 7.74. The average Bonchev–Trinajstić information content (AvgIpc) is 3.01. The monoisotopic (exact) mass is 544 g/mol. The van der Waals surface area contributed by atoms with Crippen LogP contribution in [0.5, 0.6) is 0 Å². The highest BCUT2D eigenvalue weighted by Crippen LogP contribution is 2.26. The molecule has 3 heterocycles. The number of carbonyl (C=O) groups is 2. The fourth-order valence-electron chi connectivity index (χ4n) is 4.72. The third-order valence-electron chi connectivity index (χ3n) is 6.99. The molecule has 206 valence electrons. The average molecular weight is 545 g/mol. The fourth-order valence-corrected chi connectivity index (χ4v) is 4.72. The number of hydrogen-bond donors (Lipinski definition) is 2. The summed E-state index contributed by atoms with van der Waals surface area (Å²) in [5.74, 6) is 6.73. The highest BCUT2D eigenvalue weighted by molar-refractivity contribution is 5.90. The van der Waals surface area contributed by atoms with Gasteiger partial charge in [-0.05, 0) is 77.7 Å². The van der Waals surface area contributed by atoms with E-state index >= 15 is 0 Å². The predicted octanol–water partition coefficient (Wildman–Crippen LogP) is 4.58. The quantitative estimate of drug-likeness (QED) is 0.347. The molecule has 1 aliphatic heterocycles. The van der Waals surface area contributed by atoms with Gasteiger partial charge < -0.3 is 20.4 Å². The molecule has 0 aliphatic carbocycles. The van der Waals surface area contributed by atoms with Gasteiger partial charge in [0.05, 0.1) is 0 Å². The lowest BCUT2D eigenvalue weighted by Gasteiger charge is -2.35. The van der Waals surface area contributed by atoms with Gasteiger partial charge in [-0.25, -0.2) is 4.79 Å². The zero-order chi connectivity index (χ0) is 28.4. The van der Waals surface area contributed by atoms with E-state index in [1.165, 1.54) is 0 Å². The molecule has 0 atom stereocenters. The van der Waals surface area contributed by atoms with E-state index in [1.807, 2.05) is 59.5 Å². The number of carbonyl (C=O) groups excluding carboxylic acids is 2. The minimum atomic E-state index is -0.274. The molecule has 2 N–H and O–H groups in total. The molecule has 41 heavy (non-hydrogen) atoms. The minimum Gasteiger partial charge on any atom is -0.368 e. The second-order valence-electron chi connectivity index (χ2n) is 9.78. The lowest BCUT2D eigenvalue weighted by atomic mass is 10.00. The van der Waals surface area contributed by atoms with E-state index in [1.54, 1.807) is 31.7 Å². The van der Waals surface area contributed by atoms with Crippen molar-refractivity contribution in [2.45, 2.75) is 13.3 Å². The van der Waals surface area contributed by atoms with Gasteiger partial charge in [-0.1, -0.05) is 24.0 Å². The van der Waals surface area contributed by atoms with Crippen molar-refractivity contribution in [3.05, 3.63) is 108 Å². The maximum atomic E-state index is 12.6. The molecular formula is C33H32N6O2. The zero-order valence-electron chi connectivity index (χ0n) is 23.0. The predicted molar refractivity (Wildman–Crippen MR) is 162 cm³/mol. The Morgan fingerprint density at radius 3 is 2.37 bits per heavy atom. The van der Waals surface area contributed by atoms with Gasteiger partial charge in [0, 0.05) is 86.9 Å². The van der Waals surface area contributed by atoms with Crippen molar-refractivity contribution in [2.75, 3.05) is 42.9 Å². The molecule has 2 aromatic heterocycles. The number of urea groups is 1. The maximum absolute atomic E-state index is 12.6. The van der Waals surface area contributed by atoms with Gasteiger partial charge >= 0.3 is 6.03 Å². The Labute approximate surface area is 240 Å². The largest absolute Gasteiger partial charge is 0.368 e. The van der Waals surface area contributed by atoms with Crippen molar-refractivity contribution in [1.82, 2.24) is 20.2 Å². The van der Waals surface area contributed by atoms with Gasteiger partial charge in [0.25, 0.3) is 0 Å². The van der Waals surface area contributed by atoms with E-state index in [4.69, 9.17) is 0 Å². The van der Waals surface area contributed by atoms with Crippen LogP contribution in [0.25, 0.3) is 11.1 Å². The number of benzene rings is 2. The van der Waals surface area contributed by atoms with Crippen LogP contribution in [0.2, 0.25) is 0 Å².